The highest BCUT2D eigenvalue weighted by Gasteiger charge is 2.39. The van der Waals surface area contributed by atoms with Gasteiger partial charge in [0.05, 0.1) is 12.4 Å². The van der Waals surface area contributed by atoms with Crippen molar-refractivity contribution in [2.75, 3.05) is 10.2 Å². The molecule has 4 aromatic rings. The van der Waals surface area contributed by atoms with Gasteiger partial charge in [0.15, 0.2) is 11.5 Å². The molecule has 1 amide bonds. The zero-order valence-corrected chi connectivity index (χ0v) is 18.5. The average Bonchev–Trinajstić information content (AvgIpc) is 3.28. The molecule has 0 saturated carbocycles. The van der Waals surface area contributed by atoms with Crippen LogP contribution in [0.15, 0.2) is 55.1 Å². The second-order valence-electron chi connectivity index (χ2n) is 8.32. The van der Waals surface area contributed by atoms with Crippen LogP contribution in [-0.4, -0.2) is 37.9 Å². The molecule has 7 heteroatoms. The molecular weight excluding hydrogens is 400 g/mol. The quantitative estimate of drug-likeness (QED) is 0.493. The van der Waals surface area contributed by atoms with Crippen molar-refractivity contribution in [3.63, 3.8) is 0 Å². The van der Waals surface area contributed by atoms with E-state index >= 15 is 0 Å². The van der Waals surface area contributed by atoms with Crippen LogP contribution >= 0.6 is 0 Å². The van der Waals surface area contributed by atoms with Gasteiger partial charge in [0.2, 0.25) is 0 Å². The predicted octanol–water partition coefficient (Wildman–Crippen LogP) is 4.43. The van der Waals surface area contributed by atoms with Crippen molar-refractivity contribution in [2.45, 2.75) is 45.7 Å². The maximum Gasteiger partial charge on any atom is 0.259 e. The summed E-state index contributed by atoms with van der Waals surface area (Å²) in [4.78, 5) is 31.9. The van der Waals surface area contributed by atoms with E-state index in [1.165, 1.54) is 6.33 Å². The highest BCUT2D eigenvalue weighted by Crippen LogP contribution is 2.34. The van der Waals surface area contributed by atoms with Gasteiger partial charge in [0, 0.05) is 17.3 Å². The van der Waals surface area contributed by atoms with Gasteiger partial charge >= 0.3 is 0 Å². The molecule has 0 spiro atoms. The van der Waals surface area contributed by atoms with Crippen LogP contribution in [0.3, 0.4) is 0 Å². The second-order valence-corrected chi connectivity index (χ2v) is 8.32. The summed E-state index contributed by atoms with van der Waals surface area (Å²) in [6.07, 6.45) is 4.72. The molecule has 0 bridgehead atoms. The fraction of sp³-hybridized carbons (Fsp3) is 0.280. The number of hydrogen-bond acceptors (Lipinski definition) is 5. The van der Waals surface area contributed by atoms with E-state index < -0.39 is 0 Å². The molecule has 5 rings (SSSR count). The third-order valence-corrected chi connectivity index (χ3v) is 6.38. The summed E-state index contributed by atoms with van der Waals surface area (Å²) in [6.45, 7) is 6.20. The Kier molecular flexibility index (Phi) is 5.09. The van der Waals surface area contributed by atoms with E-state index in [0.717, 1.165) is 46.3 Å². The van der Waals surface area contributed by atoms with E-state index in [0.29, 0.717) is 11.5 Å². The van der Waals surface area contributed by atoms with Crippen molar-refractivity contribution in [3.8, 4) is 0 Å². The molecule has 3 heterocycles. The summed E-state index contributed by atoms with van der Waals surface area (Å²) < 4.78 is 0. The second kappa shape index (κ2) is 8.07. The van der Waals surface area contributed by atoms with E-state index in [1.807, 2.05) is 42.2 Å². The molecule has 2 unspecified atom stereocenters. The van der Waals surface area contributed by atoms with Gasteiger partial charge < -0.3 is 15.2 Å². The summed E-state index contributed by atoms with van der Waals surface area (Å²) in [7, 11) is 0. The summed E-state index contributed by atoms with van der Waals surface area (Å²) in [5.41, 5.74) is 6.35. The first-order valence-corrected chi connectivity index (χ1v) is 11.0. The number of aryl methyl sites for hydroxylation is 2. The number of H-pyrrole nitrogens is 1. The first-order valence-electron chi connectivity index (χ1n) is 11.0. The number of amides is 1. The van der Waals surface area contributed by atoms with Gasteiger partial charge in [-0.3, -0.25) is 4.79 Å². The minimum absolute atomic E-state index is 0.0198. The van der Waals surface area contributed by atoms with E-state index in [4.69, 9.17) is 0 Å². The Morgan fingerprint density at radius 2 is 1.91 bits per heavy atom. The van der Waals surface area contributed by atoms with E-state index in [9.17, 15) is 4.79 Å². The maximum atomic E-state index is 13.9. The fourth-order valence-electron chi connectivity index (χ4n) is 4.76. The lowest BCUT2D eigenvalue weighted by Gasteiger charge is -2.42. The highest BCUT2D eigenvalue weighted by molar-refractivity contribution is 6.10. The Labute approximate surface area is 186 Å². The van der Waals surface area contributed by atoms with Crippen LogP contribution in [0.2, 0.25) is 0 Å². The Morgan fingerprint density at radius 1 is 1.09 bits per heavy atom. The van der Waals surface area contributed by atoms with Crippen molar-refractivity contribution in [2.24, 2.45) is 0 Å². The van der Waals surface area contributed by atoms with Crippen molar-refractivity contribution in [1.82, 2.24) is 19.9 Å². The van der Waals surface area contributed by atoms with Crippen LogP contribution in [0.5, 0.6) is 0 Å². The van der Waals surface area contributed by atoms with Crippen molar-refractivity contribution in [3.05, 3.63) is 77.4 Å². The normalized spacial score (nSPS) is 16.8. The van der Waals surface area contributed by atoms with Crippen LogP contribution in [-0.2, 0) is 6.42 Å². The number of imidazole rings is 1. The molecule has 162 valence electrons. The molecule has 32 heavy (non-hydrogen) atoms. The van der Waals surface area contributed by atoms with Crippen molar-refractivity contribution in [1.29, 1.82) is 0 Å². The minimum Gasteiger partial charge on any atom is -0.363 e. The van der Waals surface area contributed by atoms with Gasteiger partial charge in [0.25, 0.3) is 5.91 Å². The smallest absolute Gasteiger partial charge is 0.259 e. The van der Waals surface area contributed by atoms with Crippen molar-refractivity contribution < 1.29 is 4.79 Å². The molecule has 0 saturated heterocycles. The van der Waals surface area contributed by atoms with Crippen LogP contribution < -0.4 is 10.2 Å². The van der Waals surface area contributed by atoms with Crippen LogP contribution in [0.25, 0.3) is 11.2 Å². The fourth-order valence-corrected chi connectivity index (χ4v) is 4.76. The lowest BCUT2D eigenvalue weighted by atomic mass is 9.85. The molecule has 7 nitrogen and oxygen atoms in total. The molecule has 2 atom stereocenters. The Morgan fingerprint density at radius 3 is 2.72 bits per heavy atom. The summed E-state index contributed by atoms with van der Waals surface area (Å²) >= 11 is 0. The van der Waals surface area contributed by atoms with Crippen LogP contribution in [0, 0.1) is 13.8 Å². The molecule has 2 N–H and O–H groups in total. The van der Waals surface area contributed by atoms with Gasteiger partial charge in [-0.1, -0.05) is 43.3 Å². The number of carbonyl (C=O) groups excluding carboxylic acids is 1. The van der Waals surface area contributed by atoms with Gasteiger partial charge in [-0.25, -0.2) is 15.0 Å². The molecule has 0 radical (unpaired) electrons. The van der Waals surface area contributed by atoms with Gasteiger partial charge in [-0.2, -0.15) is 0 Å². The molecule has 2 aromatic carbocycles. The van der Waals surface area contributed by atoms with Gasteiger partial charge in [-0.05, 0) is 49.4 Å². The zero-order valence-electron chi connectivity index (χ0n) is 18.5. The largest absolute Gasteiger partial charge is 0.363 e. The number of benzene rings is 2. The number of nitrogens with zero attached hydrogens (tertiary/aromatic N) is 4. The number of fused-ring (bicyclic) bond motifs is 2. The number of aromatic amines is 1. The molecule has 0 aliphatic carbocycles. The lowest BCUT2D eigenvalue weighted by Crippen LogP contribution is -2.54. The van der Waals surface area contributed by atoms with Crippen LogP contribution in [0.4, 0.5) is 11.5 Å². The predicted molar refractivity (Wildman–Crippen MR) is 126 cm³/mol. The first kappa shape index (κ1) is 20.2. The van der Waals surface area contributed by atoms with E-state index in [-0.39, 0.29) is 18.0 Å². The number of rotatable bonds is 5. The number of carbonyl (C=O) groups is 1. The third kappa shape index (κ3) is 3.30. The van der Waals surface area contributed by atoms with E-state index in [2.05, 4.69) is 51.2 Å². The first-order chi connectivity index (χ1) is 15.6. The number of hydrogen-bond donors (Lipinski definition) is 2. The number of para-hydroxylation sites is 1. The highest BCUT2D eigenvalue weighted by atomic mass is 16.2. The monoisotopic (exact) mass is 426 g/mol. The SMILES string of the molecule is CCC(Nc1ncnc2nc[nH]c12)C1Cc2cccc(C)c2C(=O)N1c1ccccc1C. The molecule has 0 fully saturated rings. The standard InChI is InChI=1S/C25H26N6O/c1-4-18(30-24-22-23(27-13-26-22)28-14-29-24)20-12-17-10-7-9-16(3)21(17)25(32)31(20)19-11-6-5-8-15(19)2/h5-11,13-14,18,20H,4,12H2,1-3H3,(H2,26,27,28,29,30). The Balaban J connectivity index is 1.61. The van der Waals surface area contributed by atoms with E-state index in [1.54, 1.807) is 6.33 Å². The average molecular weight is 427 g/mol. The number of anilines is 2. The number of nitrogens with one attached hydrogen (secondary N) is 2. The summed E-state index contributed by atoms with van der Waals surface area (Å²) in [5, 5.41) is 3.60. The lowest BCUT2D eigenvalue weighted by molar-refractivity contribution is 0.0962. The minimum atomic E-state index is -0.0733. The molecule has 1 aliphatic heterocycles. The Hall–Kier alpha value is -3.74. The summed E-state index contributed by atoms with van der Waals surface area (Å²) in [5.74, 6) is 0.754. The summed E-state index contributed by atoms with van der Waals surface area (Å²) in [6, 6.07) is 14.1. The maximum absolute atomic E-state index is 13.9. The Bertz CT molecular complexity index is 1300. The molecule has 2 aromatic heterocycles. The van der Waals surface area contributed by atoms with Gasteiger partial charge in [-0.15, -0.1) is 0 Å². The van der Waals surface area contributed by atoms with Crippen molar-refractivity contribution >= 4 is 28.6 Å². The molecular formula is C25H26N6O. The zero-order chi connectivity index (χ0) is 22.2. The topological polar surface area (TPSA) is 86.8 Å². The van der Waals surface area contributed by atoms with Crippen LogP contribution in [0.1, 0.15) is 40.4 Å². The number of aromatic nitrogens is 4. The van der Waals surface area contributed by atoms with Gasteiger partial charge in [0.1, 0.15) is 11.8 Å². The molecule has 1 aliphatic rings. The third-order valence-electron chi connectivity index (χ3n) is 6.38.